The fourth-order valence-corrected chi connectivity index (χ4v) is 7.48. The lowest BCUT2D eigenvalue weighted by molar-refractivity contribution is 0.0557. The molecule has 1 unspecified atom stereocenters. The molecule has 0 aliphatic carbocycles. The van der Waals surface area contributed by atoms with E-state index in [1.807, 2.05) is 35.7 Å². The summed E-state index contributed by atoms with van der Waals surface area (Å²) in [5.74, 6) is -0.304. The van der Waals surface area contributed by atoms with Gasteiger partial charge in [-0.05, 0) is 37.1 Å². The van der Waals surface area contributed by atoms with Crippen LogP contribution < -0.4 is 4.90 Å². The van der Waals surface area contributed by atoms with Gasteiger partial charge in [0.1, 0.15) is 6.23 Å². The maximum atomic E-state index is 11.1. The van der Waals surface area contributed by atoms with Crippen LogP contribution in [0.25, 0.3) is 5.57 Å². The van der Waals surface area contributed by atoms with Crippen molar-refractivity contribution < 1.29 is 17.7 Å². The van der Waals surface area contributed by atoms with Gasteiger partial charge in [-0.25, -0.2) is 0 Å². The number of ether oxygens (including phenoxy) is 1. The van der Waals surface area contributed by atoms with Crippen LogP contribution in [-0.2, 0) is 14.9 Å². The summed E-state index contributed by atoms with van der Waals surface area (Å²) in [7, 11) is -3.99. The maximum absolute atomic E-state index is 11.1. The molecule has 2 heterocycles. The average molecular weight is 512 g/mol. The third-order valence-corrected chi connectivity index (χ3v) is 9.18. The molecule has 0 fully saturated rings. The molecular weight excluding hydrogens is 486 g/mol. The van der Waals surface area contributed by atoms with Gasteiger partial charge in [0.2, 0.25) is 0 Å². The first-order valence-corrected chi connectivity index (χ1v) is 14.4. The molecule has 3 aromatic rings. The predicted octanol–water partition coefficient (Wildman–Crippen LogP) is 6.78. The van der Waals surface area contributed by atoms with Crippen molar-refractivity contribution in [2.75, 3.05) is 17.3 Å². The normalized spacial score (nSPS) is 15.6. The van der Waals surface area contributed by atoms with E-state index in [2.05, 4.69) is 72.5 Å². The number of benzene rings is 3. The molecule has 5 nitrogen and oxygen atoms in total. The minimum Gasteiger partial charge on any atom is -0.358 e. The van der Waals surface area contributed by atoms with Crippen LogP contribution >= 0.6 is 23.5 Å². The molecule has 2 aliphatic rings. The zero-order chi connectivity index (χ0) is 23.7. The first-order valence-electron chi connectivity index (χ1n) is 11.2. The Labute approximate surface area is 209 Å². The third kappa shape index (κ3) is 4.65. The molecule has 0 aromatic heterocycles. The molecule has 0 amide bonds. The van der Waals surface area contributed by atoms with Gasteiger partial charge in [-0.2, -0.15) is 8.42 Å². The summed E-state index contributed by atoms with van der Waals surface area (Å²) in [5, 5.41) is 0. The van der Waals surface area contributed by atoms with Crippen LogP contribution in [0.2, 0.25) is 0 Å². The minimum absolute atomic E-state index is 0.243. The Kier molecular flexibility index (Phi) is 6.77. The molecular formula is C26H25NO4S3. The Bertz CT molecular complexity index is 1280. The lowest BCUT2D eigenvalue weighted by atomic mass is 9.91. The van der Waals surface area contributed by atoms with Crippen molar-refractivity contribution in [2.24, 2.45) is 0 Å². The Morgan fingerprint density at radius 2 is 1.41 bits per heavy atom. The highest BCUT2D eigenvalue weighted by Crippen LogP contribution is 2.58. The fraction of sp³-hybridized carbons (Fsp3) is 0.231. The summed E-state index contributed by atoms with van der Waals surface area (Å²) < 4.78 is 38.7. The van der Waals surface area contributed by atoms with Crippen molar-refractivity contribution in [1.29, 1.82) is 0 Å². The van der Waals surface area contributed by atoms with Crippen LogP contribution in [0, 0.1) is 0 Å². The van der Waals surface area contributed by atoms with Crippen molar-refractivity contribution in [1.82, 2.24) is 0 Å². The molecule has 3 aromatic carbocycles. The summed E-state index contributed by atoms with van der Waals surface area (Å²) in [5.41, 5.74) is 5.69. The SMILES string of the molecule is CCC(OCCCS(=O)(=O)O)N1c2ccccc2C(=C2Sc3ccccc3S2)c2ccccc21. The van der Waals surface area contributed by atoms with Crippen molar-refractivity contribution in [3.05, 3.63) is 88.2 Å². The van der Waals surface area contributed by atoms with Crippen LogP contribution in [0.3, 0.4) is 0 Å². The molecule has 0 radical (unpaired) electrons. The monoisotopic (exact) mass is 511 g/mol. The average Bonchev–Trinajstić information content (AvgIpc) is 3.26. The summed E-state index contributed by atoms with van der Waals surface area (Å²) in [6, 6.07) is 25.3. The molecule has 2 aliphatic heterocycles. The standard InChI is InChI=1S/C26H25NO4S3/c1-2-24(31-16-9-17-34(28,29)30)27-20-12-5-3-10-18(20)25(19-11-4-6-13-21(19)27)26-32-22-14-7-8-15-23(22)33-26/h3-8,10-15,24H,2,9,16-17H2,1H3,(H,28,29,30). The molecule has 0 saturated carbocycles. The number of hydrogen-bond donors (Lipinski definition) is 1. The molecule has 1 N–H and O–H groups in total. The number of para-hydroxylation sites is 2. The second-order valence-electron chi connectivity index (χ2n) is 8.09. The lowest BCUT2D eigenvalue weighted by Gasteiger charge is -2.39. The highest BCUT2D eigenvalue weighted by atomic mass is 32.2. The Hall–Kier alpha value is -2.23. The topological polar surface area (TPSA) is 66.8 Å². The zero-order valence-corrected chi connectivity index (χ0v) is 21.1. The number of rotatable bonds is 7. The highest BCUT2D eigenvalue weighted by molar-refractivity contribution is 8.25. The van der Waals surface area contributed by atoms with Gasteiger partial charge >= 0.3 is 0 Å². The Balaban J connectivity index is 1.55. The Morgan fingerprint density at radius 3 is 1.94 bits per heavy atom. The first-order chi connectivity index (χ1) is 16.5. The Morgan fingerprint density at radius 1 is 0.882 bits per heavy atom. The summed E-state index contributed by atoms with van der Waals surface area (Å²) in [6.07, 6.45) is 0.694. The second-order valence-corrected chi connectivity index (χ2v) is 12.0. The zero-order valence-electron chi connectivity index (χ0n) is 18.7. The second kappa shape index (κ2) is 9.79. The number of nitrogens with zero attached hydrogens (tertiary/aromatic N) is 1. The number of thioether (sulfide) groups is 2. The van der Waals surface area contributed by atoms with Crippen molar-refractivity contribution >= 4 is 50.6 Å². The van der Waals surface area contributed by atoms with Crippen LogP contribution in [0.5, 0.6) is 0 Å². The molecule has 0 saturated heterocycles. The van der Waals surface area contributed by atoms with Crippen molar-refractivity contribution in [3.63, 3.8) is 0 Å². The fourth-order valence-electron chi connectivity index (χ4n) is 4.37. The van der Waals surface area contributed by atoms with E-state index < -0.39 is 10.1 Å². The van der Waals surface area contributed by atoms with Gasteiger partial charge in [-0.1, -0.05) is 79.0 Å². The van der Waals surface area contributed by atoms with Gasteiger partial charge < -0.3 is 9.64 Å². The maximum Gasteiger partial charge on any atom is 0.264 e. The molecule has 176 valence electrons. The number of fused-ring (bicyclic) bond motifs is 3. The first kappa shape index (κ1) is 23.5. The number of hydrogen-bond acceptors (Lipinski definition) is 6. The van der Waals surface area contributed by atoms with E-state index in [9.17, 15) is 8.42 Å². The molecule has 0 bridgehead atoms. The van der Waals surface area contributed by atoms with E-state index in [1.165, 1.54) is 19.6 Å². The van der Waals surface area contributed by atoms with Gasteiger partial charge in [-0.3, -0.25) is 4.55 Å². The molecule has 5 rings (SSSR count). The third-order valence-electron chi connectivity index (χ3n) is 5.82. The van der Waals surface area contributed by atoms with Crippen LogP contribution in [0.15, 0.2) is 86.8 Å². The van der Waals surface area contributed by atoms with E-state index >= 15 is 0 Å². The summed E-state index contributed by atoms with van der Waals surface area (Å²) >= 11 is 3.63. The van der Waals surface area contributed by atoms with Crippen molar-refractivity contribution in [3.8, 4) is 0 Å². The van der Waals surface area contributed by atoms with Crippen LogP contribution in [-0.4, -0.2) is 31.6 Å². The predicted molar refractivity (Wildman–Crippen MR) is 140 cm³/mol. The van der Waals surface area contributed by atoms with Gasteiger partial charge in [-0.15, -0.1) is 0 Å². The van der Waals surface area contributed by atoms with E-state index in [1.54, 1.807) is 0 Å². The molecule has 0 spiro atoms. The molecule has 1 atom stereocenters. The smallest absolute Gasteiger partial charge is 0.264 e. The quantitative estimate of drug-likeness (QED) is 0.277. The van der Waals surface area contributed by atoms with Gasteiger partial charge in [0.05, 0.1) is 28.0 Å². The van der Waals surface area contributed by atoms with Crippen LogP contribution in [0.1, 0.15) is 30.9 Å². The minimum atomic E-state index is -3.99. The van der Waals surface area contributed by atoms with Gasteiger partial charge in [0.15, 0.2) is 0 Å². The highest BCUT2D eigenvalue weighted by Gasteiger charge is 2.34. The van der Waals surface area contributed by atoms with E-state index in [-0.39, 0.29) is 25.0 Å². The van der Waals surface area contributed by atoms with Crippen molar-refractivity contribution in [2.45, 2.75) is 35.8 Å². The van der Waals surface area contributed by atoms with Gasteiger partial charge in [0, 0.05) is 26.5 Å². The molecule has 8 heteroatoms. The van der Waals surface area contributed by atoms with E-state index in [0.717, 1.165) is 28.9 Å². The van der Waals surface area contributed by atoms with E-state index in [0.29, 0.717) is 0 Å². The van der Waals surface area contributed by atoms with Crippen LogP contribution in [0.4, 0.5) is 11.4 Å². The van der Waals surface area contributed by atoms with E-state index in [4.69, 9.17) is 9.29 Å². The number of anilines is 2. The largest absolute Gasteiger partial charge is 0.358 e. The lowest BCUT2D eigenvalue weighted by Crippen LogP contribution is -2.36. The molecule has 34 heavy (non-hydrogen) atoms. The van der Waals surface area contributed by atoms with Gasteiger partial charge in [0.25, 0.3) is 10.1 Å². The summed E-state index contributed by atoms with van der Waals surface area (Å²) in [4.78, 5) is 4.78. The summed E-state index contributed by atoms with van der Waals surface area (Å²) in [6.45, 7) is 2.31.